The topological polar surface area (TPSA) is 69.7 Å². The minimum Gasteiger partial charge on any atom is -0.367 e. The molecular formula is C25H26ClN3O3S. The fourth-order valence-electron chi connectivity index (χ4n) is 3.93. The first-order chi connectivity index (χ1) is 15.7. The molecule has 1 aliphatic heterocycles. The van der Waals surface area contributed by atoms with Crippen LogP contribution in [0.5, 0.6) is 0 Å². The van der Waals surface area contributed by atoms with Crippen LogP contribution in [0, 0.1) is 13.8 Å². The number of hydrogen-bond donors (Lipinski definition) is 1. The van der Waals surface area contributed by atoms with Crippen molar-refractivity contribution >= 4 is 38.9 Å². The Morgan fingerprint density at radius 2 is 1.58 bits per heavy atom. The highest BCUT2D eigenvalue weighted by molar-refractivity contribution is 7.92. The van der Waals surface area contributed by atoms with Crippen molar-refractivity contribution < 1.29 is 13.2 Å². The molecule has 3 aromatic rings. The highest BCUT2D eigenvalue weighted by Crippen LogP contribution is 2.26. The first kappa shape index (κ1) is 23.1. The van der Waals surface area contributed by atoms with Crippen LogP contribution in [-0.2, 0) is 10.0 Å². The summed E-state index contributed by atoms with van der Waals surface area (Å²) in [6.45, 7) is 6.19. The van der Waals surface area contributed by atoms with Gasteiger partial charge in [0.15, 0.2) is 0 Å². The zero-order valence-corrected chi connectivity index (χ0v) is 20.2. The summed E-state index contributed by atoms with van der Waals surface area (Å²) in [6, 6.07) is 19.6. The van der Waals surface area contributed by atoms with E-state index in [1.165, 1.54) is 0 Å². The molecule has 1 fully saturated rings. The van der Waals surface area contributed by atoms with Crippen LogP contribution in [-0.4, -0.2) is 45.4 Å². The molecule has 172 valence electrons. The molecule has 33 heavy (non-hydrogen) atoms. The highest BCUT2D eigenvalue weighted by atomic mass is 35.5. The molecule has 0 spiro atoms. The fourth-order valence-corrected chi connectivity index (χ4v) is 5.57. The standard InChI is InChI=1S/C25H26ClN3O3S/c1-18-7-8-19(2)24(17-18)33(31,32)27-21-11-9-20(10-12-21)25(30)29-15-13-28(14-16-29)23-6-4-3-5-22(23)26/h3-12,17,27H,13-16H2,1-2H3. The summed E-state index contributed by atoms with van der Waals surface area (Å²) >= 11 is 6.30. The smallest absolute Gasteiger partial charge is 0.262 e. The molecule has 6 nitrogen and oxygen atoms in total. The molecule has 0 radical (unpaired) electrons. The number of carbonyl (C=O) groups is 1. The molecule has 0 atom stereocenters. The molecule has 1 N–H and O–H groups in total. The van der Waals surface area contributed by atoms with E-state index in [0.717, 1.165) is 11.3 Å². The molecule has 1 aliphatic rings. The molecular weight excluding hydrogens is 458 g/mol. The SMILES string of the molecule is Cc1ccc(C)c(S(=O)(=O)Nc2ccc(C(=O)N3CCN(c4ccccc4Cl)CC3)cc2)c1. The van der Waals surface area contributed by atoms with Crippen LogP contribution < -0.4 is 9.62 Å². The van der Waals surface area contributed by atoms with Gasteiger partial charge in [-0.3, -0.25) is 9.52 Å². The van der Waals surface area contributed by atoms with Crippen molar-refractivity contribution in [2.75, 3.05) is 35.8 Å². The molecule has 0 unspecified atom stereocenters. The molecule has 0 saturated carbocycles. The number of sulfonamides is 1. The quantitative estimate of drug-likeness (QED) is 0.570. The van der Waals surface area contributed by atoms with E-state index in [4.69, 9.17) is 11.6 Å². The van der Waals surface area contributed by atoms with Crippen molar-refractivity contribution in [2.45, 2.75) is 18.7 Å². The molecule has 0 aromatic heterocycles. The lowest BCUT2D eigenvalue weighted by Crippen LogP contribution is -2.48. The molecule has 1 amide bonds. The number of hydrogen-bond acceptors (Lipinski definition) is 4. The Labute approximate surface area is 199 Å². The third-order valence-corrected chi connectivity index (χ3v) is 7.62. The number of anilines is 2. The molecule has 8 heteroatoms. The van der Waals surface area contributed by atoms with Crippen molar-refractivity contribution in [3.05, 3.63) is 88.4 Å². The number of aryl methyl sites for hydroxylation is 2. The van der Waals surface area contributed by atoms with Gasteiger partial charge in [0.05, 0.1) is 15.6 Å². The normalized spacial score (nSPS) is 14.3. The van der Waals surface area contributed by atoms with E-state index in [1.54, 1.807) is 43.3 Å². The Morgan fingerprint density at radius 3 is 2.24 bits per heavy atom. The van der Waals surface area contributed by atoms with Crippen LogP contribution in [0.2, 0.25) is 5.02 Å². The second-order valence-corrected chi connectivity index (χ2v) is 10.2. The highest BCUT2D eigenvalue weighted by Gasteiger charge is 2.23. The van der Waals surface area contributed by atoms with Crippen LogP contribution in [0.4, 0.5) is 11.4 Å². The Hall–Kier alpha value is -3.03. The lowest BCUT2D eigenvalue weighted by molar-refractivity contribution is 0.0747. The number of benzene rings is 3. The zero-order chi connectivity index (χ0) is 23.6. The largest absolute Gasteiger partial charge is 0.367 e. The van der Waals surface area contributed by atoms with Gasteiger partial charge in [0.2, 0.25) is 0 Å². The van der Waals surface area contributed by atoms with E-state index in [2.05, 4.69) is 9.62 Å². The van der Waals surface area contributed by atoms with Gasteiger partial charge in [0.25, 0.3) is 15.9 Å². The van der Waals surface area contributed by atoms with Crippen LogP contribution in [0.15, 0.2) is 71.6 Å². The first-order valence-electron chi connectivity index (χ1n) is 10.7. The predicted molar refractivity (Wildman–Crippen MR) is 133 cm³/mol. The van der Waals surface area contributed by atoms with Gasteiger partial charge in [-0.15, -0.1) is 0 Å². The van der Waals surface area contributed by atoms with E-state index in [1.807, 2.05) is 42.2 Å². The lowest BCUT2D eigenvalue weighted by Gasteiger charge is -2.36. The van der Waals surface area contributed by atoms with Gasteiger partial charge in [-0.1, -0.05) is 35.9 Å². The average molecular weight is 484 g/mol. The van der Waals surface area contributed by atoms with Gasteiger partial charge in [-0.05, 0) is 67.4 Å². The second-order valence-electron chi connectivity index (χ2n) is 8.18. The summed E-state index contributed by atoms with van der Waals surface area (Å²) in [6.07, 6.45) is 0. The molecule has 3 aromatic carbocycles. The van der Waals surface area contributed by atoms with Crippen LogP contribution in [0.25, 0.3) is 0 Å². The lowest BCUT2D eigenvalue weighted by atomic mass is 10.1. The van der Waals surface area contributed by atoms with E-state index in [0.29, 0.717) is 48.0 Å². The van der Waals surface area contributed by atoms with E-state index in [9.17, 15) is 13.2 Å². The molecule has 1 heterocycles. The second kappa shape index (κ2) is 9.45. The third kappa shape index (κ3) is 5.15. The number of halogens is 1. The number of para-hydroxylation sites is 1. The van der Waals surface area contributed by atoms with Crippen LogP contribution in [0.1, 0.15) is 21.5 Å². The summed E-state index contributed by atoms with van der Waals surface area (Å²) in [7, 11) is -3.72. The van der Waals surface area contributed by atoms with Gasteiger partial charge < -0.3 is 9.80 Å². The molecule has 1 saturated heterocycles. The Morgan fingerprint density at radius 1 is 0.909 bits per heavy atom. The summed E-state index contributed by atoms with van der Waals surface area (Å²) in [5.41, 5.74) is 3.46. The minimum absolute atomic E-state index is 0.0715. The Bertz CT molecular complexity index is 1270. The Balaban J connectivity index is 1.41. The minimum atomic E-state index is -3.72. The van der Waals surface area contributed by atoms with E-state index >= 15 is 0 Å². The molecule has 0 bridgehead atoms. The van der Waals surface area contributed by atoms with Crippen molar-refractivity contribution in [3.63, 3.8) is 0 Å². The number of amides is 1. The summed E-state index contributed by atoms with van der Waals surface area (Å²) in [5, 5.41) is 0.705. The predicted octanol–water partition coefficient (Wildman–Crippen LogP) is 4.72. The van der Waals surface area contributed by atoms with Crippen molar-refractivity contribution in [3.8, 4) is 0 Å². The molecule has 0 aliphatic carbocycles. The van der Waals surface area contributed by atoms with Crippen LogP contribution in [0.3, 0.4) is 0 Å². The first-order valence-corrected chi connectivity index (χ1v) is 12.6. The fraction of sp³-hybridized carbons (Fsp3) is 0.240. The van der Waals surface area contributed by atoms with Gasteiger partial charge >= 0.3 is 0 Å². The average Bonchev–Trinajstić information content (AvgIpc) is 2.81. The number of carbonyl (C=O) groups excluding carboxylic acids is 1. The van der Waals surface area contributed by atoms with Crippen molar-refractivity contribution in [1.29, 1.82) is 0 Å². The zero-order valence-electron chi connectivity index (χ0n) is 18.6. The Kier molecular flexibility index (Phi) is 6.63. The number of nitrogens with zero attached hydrogens (tertiary/aromatic N) is 2. The van der Waals surface area contributed by atoms with Gasteiger partial charge in [-0.2, -0.15) is 0 Å². The number of rotatable bonds is 5. The third-order valence-electron chi connectivity index (χ3n) is 5.78. The number of piperazine rings is 1. The monoisotopic (exact) mass is 483 g/mol. The summed E-state index contributed by atoms with van der Waals surface area (Å²) in [5.74, 6) is -0.0715. The maximum absolute atomic E-state index is 13.0. The van der Waals surface area contributed by atoms with Gasteiger partial charge in [0.1, 0.15) is 0 Å². The van der Waals surface area contributed by atoms with Crippen LogP contribution >= 0.6 is 11.6 Å². The van der Waals surface area contributed by atoms with Gasteiger partial charge in [0, 0.05) is 37.4 Å². The summed E-state index contributed by atoms with van der Waals surface area (Å²) in [4.78, 5) is 17.2. The number of nitrogens with one attached hydrogen (secondary N) is 1. The maximum atomic E-state index is 13.0. The van der Waals surface area contributed by atoms with E-state index in [-0.39, 0.29) is 10.8 Å². The van der Waals surface area contributed by atoms with Gasteiger partial charge in [-0.25, -0.2) is 8.42 Å². The van der Waals surface area contributed by atoms with Crippen molar-refractivity contribution in [2.24, 2.45) is 0 Å². The molecule has 4 rings (SSSR count). The van der Waals surface area contributed by atoms with E-state index < -0.39 is 10.0 Å². The summed E-state index contributed by atoms with van der Waals surface area (Å²) < 4.78 is 28.2. The maximum Gasteiger partial charge on any atom is 0.262 e. The van der Waals surface area contributed by atoms with Crippen molar-refractivity contribution in [1.82, 2.24) is 4.90 Å².